The number of hydrogen-bond acceptors (Lipinski definition) is 3. The fourth-order valence-corrected chi connectivity index (χ4v) is 3.37. The molecule has 3 heterocycles. The van der Waals surface area contributed by atoms with Gasteiger partial charge in [0.1, 0.15) is 5.82 Å². The molecule has 4 nitrogen and oxygen atoms in total. The number of nitrogens with zero attached hydrogens (tertiary/aromatic N) is 2. The van der Waals surface area contributed by atoms with Crippen LogP contribution in [0.1, 0.15) is 48.4 Å². The number of fused-ring (bicyclic) bond motifs is 1. The second-order valence-electron chi connectivity index (χ2n) is 6.05. The molecule has 0 amide bonds. The molecule has 0 radical (unpaired) electrons. The van der Waals surface area contributed by atoms with Crippen molar-refractivity contribution in [2.24, 2.45) is 0 Å². The van der Waals surface area contributed by atoms with Gasteiger partial charge in [-0.15, -0.1) is 0 Å². The number of aromatic nitrogens is 3. The number of hydrogen-bond donors (Lipinski definition) is 2. The van der Waals surface area contributed by atoms with E-state index >= 15 is 0 Å². The van der Waals surface area contributed by atoms with Crippen molar-refractivity contribution >= 4 is 11.0 Å². The Hall–Kier alpha value is -2.20. The van der Waals surface area contributed by atoms with Gasteiger partial charge in [-0.1, -0.05) is 18.2 Å². The number of benzene rings is 1. The Labute approximate surface area is 130 Å². The monoisotopic (exact) mass is 292 g/mol. The molecule has 2 atom stereocenters. The van der Waals surface area contributed by atoms with E-state index in [2.05, 4.69) is 40.4 Å². The first-order valence-corrected chi connectivity index (χ1v) is 7.93. The van der Waals surface area contributed by atoms with Crippen LogP contribution in [0.2, 0.25) is 0 Å². The summed E-state index contributed by atoms with van der Waals surface area (Å²) in [6.45, 7) is 2.13. The zero-order valence-corrected chi connectivity index (χ0v) is 12.7. The highest BCUT2D eigenvalue weighted by Gasteiger charge is 2.26. The number of pyridine rings is 1. The second kappa shape index (κ2) is 5.54. The Morgan fingerprint density at radius 3 is 2.77 bits per heavy atom. The number of rotatable bonds is 2. The average molecular weight is 292 g/mol. The molecule has 0 unspecified atom stereocenters. The van der Waals surface area contributed by atoms with Gasteiger partial charge in [-0.05, 0) is 49.9 Å². The summed E-state index contributed by atoms with van der Waals surface area (Å²) in [4.78, 5) is 12.8. The minimum absolute atomic E-state index is 0.271. The zero-order valence-electron chi connectivity index (χ0n) is 12.7. The number of nitrogens with one attached hydrogen (secondary N) is 2. The third-order valence-corrected chi connectivity index (χ3v) is 4.51. The standard InChI is InChI=1S/C18H20N4/c1-12-6-5-11-19-17(12)15-9-4-10-16(20-15)18-21-13-7-2-3-8-14(13)22-18/h2-3,5-8,11,15-16,20H,4,9-10H2,1H3,(H,21,22)/t15-,16+/m0/s1. The molecule has 22 heavy (non-hydrogen) atoms. The molecular formula is C18H20N4. The number of H-pyrrole nitrogens is 1. The van der Waals surface area contributed by atoms with Crippen LogP contribution in [0, 0.1) is 6.92 Å². The zero-order chi connectivity index (χ0) is 14.9. The quantitative estimate of drug-likeness (QED) is 0.755. The molecule has 1 saturated heterocycles. The van der Waals surface area contributed by atoms with Gasteiger partial charge in [0, 0.05) is 6.20 Å². The molecule has 1 aliphatic heterocycles. The van der Waals surface area contributed by atoms with Crippen LogP contribution in [0.4, 0.5) is 0 Å². The molecule has 2 N–H and O–H groups in total. The molecule has 0 bridgehead atoms. The molecule has 2 aromatic heterocycles. The lowest BCUT2D eigenvalue weighted by Gasteiger charge is -2.30. The van der Waals surface area contributed by atoms with Gasteiger partial charge in [0.05, 0.1) is 28.8 Å². The highest BCUT2D eigenvalue weighted by atomic mass is 15.1. The van der Waals surface area contributed by atoms with Crippen LogP contribution in [0.15, 0.2) is 42.6 Å². The third-order valence-electron chi connectivity index (χ3n) is 4.51. The molecule has 0 saturated carbocycles. The maximum atomic E-state index is 4.75. The van der Waals surface area contributed by atoms with Crippen LogP contribution >= 0.6 is 0 Å². The van der Waals surface area contributed by atoms with E-state index in [0.29, 0.717) is 6.04 Å². The van der Waals surface area contributed by atoms with E-state index in [-0.39, 0.29) is 6.04 Å². The van der Waals surface area contributed by atoms with Gasteiger partial charge in [-0.3, -0.25) is 10.3 Å². The van der Waals surface area contributed by atoms with Crippen molar-refractivity contribution in [2.45, 2.75) is 38.3 Å². The Morgan fingerprint density at radius 2 is 1.91 bits per heavy atom. The van der Waals surface area contributed by atoms with E-state index < -0.39 is 0 Å². The Balaban J connectivity index is 1.62. The predicted molar refractivity (Wildman–Crippen MR) is 87.5 cm³/mol. The van der Waals surface area contributed by atoms with E-state index in [1.54, 1.807) is 0 Å². The number of aryl methyl sites for hydroxylation is 1. The minimum Gasteiger partial charge on any atom is -0.341 e. The van der Waals surface area contributed by atoms with E-state index in [0.717, 1.165) is 29.7 Å². The van der Waals surface area contributed by atoms with Crippen molar-refractivity contribution in [3.8, 4) is 0 Å². The van der Waals surface area contributed by atoms with Gasteiger partial charge in [0.25, 0.3) is 0 Å². The highest BCUT2D eigenvalue weighted by Crippen LogP contribution is 2.32. The molecule has 1 fully saturated rings. The van der Waals surface area contributed by atoms with Crippen molar-refractivity contribution < 1.29 is 0 Å². The first-order chi connectivity index (χ1) is 10.8. The van der Waals surface area contributed by atoms with E-state index in [1.165, 1.54) is 17.7 Å². The third kappa shape index (κ3) is 2.40. The summed E-state index contributed by atoms with van der Waals surface area (Å²) in [6, 6.07) is 12.9. The fraction of sp³-hybridized carbons (Fsp3) is 0.333. The Morgan fingerprint density at radius 1 is 1.05 bits per heavy atom. The molecule has 4 rings (SSSR count). The smallest absolute Gasteiger partial charge is 0.124 e. The molecule has 0 aliphatic carbocycles. The molecule has 4 heteroatoms. The highest BCUT2D eigenvalue weighted by molar-refractivity contribution is 5.74. The van der Waals surface area contributed by atoms with Gasteiger partial charge < -0.3 is 4.98 Å². The summed E-state index contributed by atoms with van der Waals surface area (Å²) in [5.74, 6) is 1.04. The van der Waals surface area contributed by atoms with Gasteiger partial charge >= 0.3 is 0 Å². The largest absolute Gasteiger partial charge is 0.341 e. The first-order valence-electron chi connectivity index (χ1n) is 7.93. The number of aromatic amines is 1. The van der Waals surface area contributed by atoms with Crippen molar-refractivity contribution in [3.05, 3.63) is 59.7 Å². The summed E-state index contributed by atoms with van der Waals surface area (Å²) >= 11 is 0. The SMILES string of the molecule is Cc1cccnc1[C@@H]1CCC[C@H](c2nc3ccccc3[nH]2)N1. The average Bonchev–Trinajstić information content (AvgIpc) is 2.99. The van der Waals surface area contributed by atoms with Crippen molar-refractivity contribution in [1.82, 2.24) is 20.3 Å². The van der Waals surface area contributed by atoms with Gasteiger partial charge in [-0.25, -0.2) is 4.98 Å². The van der Waals surface area contributed by atoms with Crippen molar-refractivity contribution in [1.29, 1.82) is 0 Å². The lowest BCUT2D eigenvalue weighted by molar-refractivity contribution is 0.317. The van der Waals surface area contributed by atoms with E-state index in [4.69, 9.17) is 4.98 Å². The summed E-state index contributed by atoms with van der Waals surface area (Å²) < 4.78 is 0. The summed E-state index contributed by atoms with van der Waals surface area (Å²) in [6.07, 6.45) is 5.32. The van der Waals surface area contributed by atoms with Crippen LogP contribution < -0.4 is 5.32 Å². The van der Waals surface area contributed by atoms with Crippen LogP contribution in [0.3, 0.4) is 0 Å². The topological polar surface area (TPSA) is 53.6 Å². The normalized spacial score (nSPS) is 22.0. The fourth-order valence-electron chi connectivity index (χ4n) is 3.37. The lowest BCUT2D eigenvalue weighted by atomic mass is 9.94. The first kappa shape index (κ1) is 13.5. The molecule has 1 aliphatic rings. The Bertz CT molecular complexity index is 759. The summed E-state index contributed by atoms with van der Waals surface area (Å²) in [7, 11) is 0. The number of piperidine rings is 1. The van der Waals surface area contributed by atoms with Crippen molar-refractivity contribution in [2.75, 3.05) is 0 Å². The molecule has 3 aromatic rings. The van der Waals surface area contributed by atoms with Gasteiger partial charge in [-0.2, -0.15) is 0 Å². The lowest BCUT2D eigenvalue weighted by Crippen LogP contribution is -2.32. The van der Waals surface area contributed by atoms with E-state index in [1.807, 2.05) is 24.4 Å². The Kier molecular flexibility index (Phi) is 3.39. The van der Waals surface area contributed by atoms with Crippen LogP contribution in [0.25, 0.3) is 11.0 Å². The minimum atomic E-state index is 0.271. The maximum absolute atomic E-state index is 4.75. The molecule has 1 aromatic carbocycles. The molecule has 112 valence electrons. The summed E-state index contributed by atoms with van der Waals surface area (Å²) in [5.41, 5.74) is 4.57. The van der Waals surface area contributed by atoms with Crippen molar-refractivity contribution in [3.63, 3.8) is 0 Å². The predicted octanol–water partition coefficient (Wildman–Crippen LogP) is 3.82. The second-order valence-corrected chi connectivity index (χ2v) is 6.05. The van der Waals surface area contributed by atoms with Crippen LogP contribution in [-0.2, 0) is 0 Å². The van der Waals surface area contributed by atoms with Crippen LogP contribution in [0.5, 0.6) is 0 Å². The molecule has 0 spiro atoms. The number of imidazole rings is 1. The van der Waals surface area contributed by atoms with E-state index in [9.17, 15) is 0 Å². The van der Waals surface area contributed by atoms with Gasteiger partial charge in [0.2, 0.25) is 0 Å². The molecular weight excluding hydrogens is 272 g/mol. The number of para-hydroxylation sites is 2. The van der Waals surface area contributed by atoms with Crippen LogP contribution in [-0.4, -0.2) is 15.0 Å². The summed E-state index contributed by atoms with van der Waals surface area (Å²) in [5, 5.41) is 3.73. The van der Waals surface area contributed by atoms with Gasteiger partial charge in [0.15, 0.2) is 0 Å². The maximum Gasteiger partial charge on any atom is 0.124 e.